The van der Waals surface area contributed by atoms with Crippen molar-refractivity contribution in [2.24, 2.45) is 7.05 Å². The van der Waals surface area contributed by atoms with E-state index in [1.807, 2.05) is 0 Å². The molecule has 2 amide bonds. The highest BCUT2D eigenvalue weighted by Gasteiger charge is 2.49. The maximum Gasteiger partial charge on any atom is 0.416 e. The van der Waals surface area contributed by atoms with Crippen LogP contribution in [0.15, 0.2) is 40.2 Å². The number of aromatic nitrogens is 1. The molecule has 10 heteroatoms. The molecule has 2 aliphatic heterocycles. The van der Waals surface area contributed by atoms with Crippen LogP contribution in [0.5, 0.6) is 0 Å². The normalized spacial score (nSPS) is 19.7. The van der Waals surface area contributed by atoms with Gasteiger partial charge in [0.05, 0.1) is 23.9 Å². The van der Waals surface area contributed by atoms with Crippen molar-refractivity contribution in [2.45, 2.75) is 45.8 Å². The highest BCUT2D eigenvalue weighted by molar-refractivity contribution is 5.94. The number of halogens is 2. The van der Waals surface area contributed by atoms with Crippen molar-refractivity contribution >= 4 is 23.7 Å². The van der Waals surface area contributed by atoms with Crippen LogP contribution in [0.2, 0.25) is 0 Å². The molecule has 3 heterocycles. The fourth-order valence-electron chi connectivity index (χ4n) is 4.32. The van der Waals surface area contributed by atoms with Crippen molar-refractivity contribution in [1.82, 2.24) is 14.4 Å². The second kappa shape index (κ2) is 7.86. The summed E-state index contributed by atoms with van der Waals surface area (Å²) >= 11 is 0. The van der Waals surface area contributed by atoms with Gasteiger partial charge in [-0.15, -0.1) is 0 Å². The molecule has 8 nitrogen and oxygen atoms in total. The van der Waals surface area contributed by atoms with Crippen LogP contribution in [0.3, 0.4) is 0 Å². The number of aryl methyl sites for hydroxylation is 1. The molecule has 0 saturated carbocycles. The predicted molar refractivity (Wildman–Crippen MR) is 116 cm³/mol. The number of carbonyl (C=O) groups excluding carboxylic acids is 2. The Balaban J connectivity index is 2.02. The molecule has 4 rings (SSSR count). The Morgan fingerprint density at radius 1 is 1.21 bits per heavy atom. The van der Waals surface area contributed by atoms with E-state index in [0.29, 0.717) is 0 Å². The van der Waals surface area contributed by atoms with Gasteiger partial charge in [0, 0.05) is 36.5 Å². The first-order chi connectivity index (χ1) is 15.5. The van der Waals surface area contributed by atoms with E-state index >= 15 is 8.78 Å². The maximum atomic E-state index is 15.5. The van der Waals surface area contributed by atoms with Gasteiger partial charge >= 0.3 is 12.2 Å². The van der Waals surface area contributed by atoms with E-state index in [1.54, 1.807) is 27.7 Å². The second-order valence-electron chi connectivity index (χ2n) is 8.98. The van der Waals surface area contributed by atoms with Crippen molar-refractivity contribution in [2.75, 3.05) is 13.2 Å². The number of amides is 2. The molecule has 0 saturated heterocycles. The van der Waals surface area contributed by atoms with E-state index in [1.165, 1.54) is 28.8 Å². The number of allylic oxidation sites excluding steroid dienone is 1. The molecular weight excluding hydrogens is 436 g/mol. The van der Waals surface area contributed by atoms with Crippen LogP contribution >= 0.6 is 0 Å². The Morgan fingerprint density at radius 2 is 1.91 bits per heavy atom. The first-order valence-corrected chi connectivity index (χ1v) is 10.6. The quantitative estimate of drug-likeness (QED) is 0.589. The third kappa shape index (κ3) is 3.63. The van der Waals surface area contributed by atoms with E-state index in [-0.39, 0.29) is 47.5 Å². The van der Waals surface area contributed by atoms with Gasteiger partial charge in [-0.25, -0.2) is 18.9 Å². The summed E-state index contributed by atoms with van der Waals surface area (Å²) in [5, 5.41) is 0. The van der Waals surface area contributed by atoms with Gasteiger partial charge in [0.15, 0.2) is 0 Å². The Bertz CT molecular complexity index is 1210. The molecule has 0 N–H and O–H groups in total. The van der Waals surface area contributed by atoms with E-state index in [0.717, 1.165) is 11.0 Å². The largest absolute Gasteiger partial charge is 0.449 e. The van der Waals surface area contributed by atoms with Crippen molar-refractivity contribution < 1.29 is 27.8 Å². The Kier molecular flexibility index (Phi) is 5.42. The van der Waals surface area contributed by atoms with Gasteiger partial charge < -0.3 is 14.0 Å². The highest BCUT2D eigenvalue weighted by atomic mass is 19.1. The summed E-state index contributed by atoms with van der Waals surface area (Å²) in [6, 6.07) is 0.531. The average Bonchev–Trinajstić information content (AvgIpc) is 2.91. The molecule has 0 fully saturated rings. The molecule has 0 bridgehead atoms. The van der Waals surface area contributed by atoms with Gasteiger partial charge in [-0.3, -0.25) is 9.69 Å². The number of pyridine rings is 1. The molecule has 1 aromatic rings. The summed E-state index contributed by atoms with van der Waals surface area (Å²) in [6.45, 7) is 6.72. The van der Waals surface area contributed by atoms with Gasteiger partial charge in [-0.05, 0) is 46.3 Å². The summed E-state index contributed by atoms with van der Waals surface area (Å²) in [7, 11) is 1.50. The van der Waals surface area contributed by atoms with Crippen molar-refractivity contribution in [3.63, 3.8) is 0 Å². The number of hydrogen-bond donors (Lipinski definition) is 0. The third-order valence-electron chi connectivity index (χ3n) is 5.63. The zero-order chi connectivity index (χ0) is 24.2. The molecule has 0 radical (unpaired) electrons. The van der Waals surface area contributed by atoms with Crippen LogP contribution in [-0.4, -0.2) is 51.3 Å². The predicted octanol–water partition coefficient (Wildman–Crippen LogP) is 4.08. The summed E-state index contributed by atoms with van der Waals surface area (Å²) in [4.78, 5) is 40.9. The number of fused-ring (bicyclic) bond motifs is 2. The molecule has 3 aliphatic rings. The van der Waals surface area contributed by atoms with Crippen molar-refractivity contribution in [3.05, 3.63) is 56.9 Å². The van der Waals surface area contributed by atoms with Gasteiger partial charge in [0.1, 0.15) is 11.4 Å². The fraction of sp³-hybridized carbons (Fsp3) is 0.435. The standard InChI is InChI=1S/C23H25F2N3O5/c1-6-32-22(31)28-15-8-10-27(21(30)33-23(2,3)4)18-16(15)13(19(28)25)11-14(24)12-7-9-26(5)20(29)17(12)18/h7,9,11,15H,6,8,10H2,1-5H3. The zero-order valence-electron chi connectivity index (χ0n) is 19.1. The van der Waals surface area contributed by atoms with E-state index in [2.05, 4.69) is 0 Å². The van der Waals surface area contributed by atoms with Crippen LogP contribution in [-0.2, 0) is 16.5 Å². The van der Waals surface area contributed by atoms with Crippen LogP contribution in [0.25, 0.3) is 11.5 Å². The number of nitrogens with zero attached hydrogens (tertiary/aromatic N) is 3. The monoisotopic (exact) mass is 461 g/mol. The number of ether oxygens (including phenoxy) is 2. The fourth-order valence-corrected chi connectivity index (χ4v) is 4.32. The zero-order valence-corrected chi connectivity index (χ0v) is 19.1. The first kappa shape index (κ1) is 22.8. The van der Waals surface area contributed by atoms with Crippen LogP contribution in [0, 0.1) is 0 Å². The Labute approximate surface area is 189 Å². The van der Waals surface area contributed by atoms with E-state index in [4.69, 9.17) is 9.47 Å². The van der Waals surface area contributed by atoms with Crippen LogP contribution in [0.4, 0.5) is 18.4 Å². The molecule has 33 heavy (non-hydrogen) atoms. The molecule has 0 aromatic carbocycles. The minimum absolute atomic E-state index is 0.0218. The SMILES string of the molecule is CCOC(=O)N1C(F)=C2C=C(F)c3ccn(C)c(=O)c3C3=C2C1CCN3C(=O)OC(C)(C)C. The molecular formula is C23H25F2N3O5. The van der Waals surface area contributed by atoms with Gasteiger partial charge in [0.25, 0.3) is 5.56 Å². The number of hydrogen-bond acceptors (Lipinski definition) is 5. The number of rotatable bonds is 1. The van der Waals surface area contributed by atoms with Gasteiger partial charge in [0.2, 0.25) is 5.95 Å². The molecule has 1 aromatic heterocycles. The Morgan fingerprint density at radius 3 is 2.55 bits per heavy atom. The molecule has 176 valence electrons. The molecule has 1 unspecified atom stereocenters. The summed E-state index contributed by atoms with van der Waals surface area (Å²) in [5.74, 6) is -1.84. The second-order valence-corrected chi connectivity index (χ2v) is 8.98. The Hall–Kier alpha value is -3.43. The lowest BCUT2D eigenvalue weighted by Crippen LogP contribution is -2.46. The maximum absolute atomic E-state index is 15.5. The molecule has 1 aliphatic carbocycles. The van der Waals surface area contributed by atoms with Crippen LogP contribution < -0.4 is 5.56 Å². The summed E-state index contributed by atoms with van der Waals surface area (Å²) in [5.41, 5.74) is -1.54. The van der Waals surface area contributed by atoms with E-state index in [9.17, 15) is 14.4 Å². The minimum Gasteiger partial charge on any atom is -0.449 e. The highest BCUT2D eigenvalue weighted by Crippen LogP contribution is 2.48. The number of carbonyl (C=O) groups is 2. The van der Waals surface area contributed by atoms with Gasteiger partial charge in [-0.1, -0.05) is 0 Å². The minimum atomic E-state index is -0.989. The van der Waals surface area contributed by atoms with Crippen LogP contribution in [0.1, 0.15) is 45.2 Å². The molecule has 0 spiro atoms. The topological polar surface area (TPSA) is 81.1 Å². The lowest BCUT2D eigenvalue weighted by atomic mass is 9.91. The lowest BCUT2D eigenvalue weighted by Gasteiger charge is -2.37. The first-order valence-electron chi connectivity index (χ1n) is 10.6. The van der Waals surface area contributed by atoms with Gasteiger partial charge in [-0.2, -0.15) is 4.39 Å². The lowest BCUT2D eigenvalue weighted by molar-refractivity contribution is 0.0332. The van der Waals surface area contributed by atoms with E-state index < -0.39 is 41.2 Å². The summed E-state index contributed by atoms with van der Waals surface area (Å²) in [6.07, 6.45) is 0.825. The summed E-state index contributed by atoms with van der Waals surface area (Å²) < 4.78 is 42.6. The average molecular weight is 461 g/mol. The van der Waals surface area contributed by atoms with Crippen molar-refractivity contribution in [1.29, 1.82) is 0 Å². The third-order valence-corrected chi connectivity index (χ3v) is 5.63. The van der Waals surface area contributed by atoms with Crippen molar-refractivity contribution in [3.8, 4) is 0 Å². The smallest absolute Gasteiger partial charge is 0.416 e. The molecule has 1 atom stereocenters.